The Kier molecular flexibility index (Phi) is 4.02. The van der Waals surface area contributed by atoms with Crippen LogP contribution in [0, 0.1) is 0 Å². The van der Waals surface area contributed by atoms with E-state index in [9.17, 15) is 0 Å². The van der Waals surface area contributed by atoms with E-state index in [0.29, 0.717) is 6.04 Å². The molecule has 0 saturated heterocycles. The second-order valence-corrected chi connectivity index (χ2v) is 4.85. The smallest absolute Gasteiger partial charge is 0.105 e. The normalized spacial score (nSPS) is 17.9. The molecule has 3 nitrogen and oxygen atoms in total. The van der Waals surface area contributed by atoms with Gasteiger partial charge < -0.3 is 14.6 Å². The predicted molar refractivity (Wildman–Crippen MR) is 65.5 cm³/mol. The van der Waals surface area contributed by atoms with Crippen molar-refractivity contribution < 1.29 is 4.42 Å². The van der Waals surface area contributed by atoms with Crippen LogP contribution in [-0.2, 0) is 6.42 Å². The van der Waals surface area contributed by atoms with Gasteiger partial charge in [-0.2, -0.15) is 0 Å². The molecule has 0 aliphatic heterocycles. The molecular weight excluding hydrogens is 200 g/mol. The molecule has 0 amide bonds. The summed E-state index contributed by atoms with van der Waals surface area (Å²) in [5, 5.41) is 3.53. The van der Waals surface area contributed by atoms with Gasteiger partial charge in [-0.1, -0.05) is 0 Å². The fraction of sp³-hybridized carbons (Fsp3) is 0.692. The molecule has 0 aromatic carbocycles. The average molecular weight is 222 g/mol. The molecule has 16 heavy (non-hydrogen) atoms. The Bertz CT molecular complexity index is 293. The van der Waals surface area contributed by atoms with Crippen LogP contribution in [0.25, 0.3) is 0 Å². The number of furan rings is 1. The fourth-order valence-electron chi connectivity index (χ4n) is 1.99. The zero-order valence-corrected chi connectivity index (χ0v) is 10.3. The van der Waals surface area contributed by atoms with E-state index in [1.807, 2.05) is 12.1 Å². The topological polar surface area (TPSA) is 28.4 Å². The SMILES string of the molecule is CC(Cc1ccco1)NCCN(C)C1CC1. The van der Waals surface area contributed by atoms with Crippen molar-refractivity contribution in [3.05, 3.63) is 24.2 Å². The van der Waals surface area contributed by atoms with Gasteiger partial charge in [-0.15, -0.1) is 0 Å². The van der Waals surface area contributed by atoms with Crippen molar-refractivity contribution >= 4 is 0 Å². The van der Waals surface area contributed by atoms with E-state index in [1.165, 1.54) is 12.8 Å². The molecule has 1 unspecified atom stereocenters. The van der Waals surface area contributed by atoms with E-state index in [2.05, 4.69) is 24.2 Å². The average Bonchev–Trinajstić information content (AvgIpc) is 2.99. The summed E-state index contributed by atoms with van der Waals surface area (Å²) >= 11 is 0. The van der Waals surface area contributed by atoms with Crippen LogP contribution in [0.3, 0.4) is 0 Å². The Morgan fingerprint density at radius 1 is 1.56 bits per heavy atom. The summed E-state index contributed by atoms with van der Waals surface area (Å²) in [4.78, 5) is 2.45. The third kappa shape index (κ3) is 3.65. The van der Waals surface area contributed by atoms with Crippen molar-refractivity contribution in [2.24, 2.45) is 0 Å². The lowest BCUT2D eigenvalue weighted by Crippen LogP contribution is -2.36. The summed E-state index contributed by atoms with van der Waals surface area (Å²) in [7, 11) is 2.22. The number of hydrogen-bond donors (Lipinski definition) is 1. The van der Waals surface area contributed by atoms with Gasteiger partial charge in [0, 0.05) is 31.6 Å². The largest absolute Gasteiger partial charge is 0.469 e. The zero-order chi connectivity index (χ0) is 11.4. The summed E-state index contributed by atoms with van der Waals surface area (Å²) in [6, 6.07) is 5.33. The highest BCUT2D eigenvalue weighted by molar-refractivity contribution is 4.99. The number of hydrogen-bond acceptors (Lipinski definition) is 3. The van der Waals surface area contributed by atoms with Crippen LogP contribution in [0.1, 0.15) is 25.5 Å². The molecule has 90 valence electrons. The van der Waals surface area contributed by atoms with Gasteiger partial charge in [-0.25, -0.2) is 0 Å². The van der Waals surface area contributed by atoms with Crippen LogP contribution in [0.15, 0.2) is 22.8 Å². The quantitative estimate of drug-likeness (QED) is 0.763. The summed E-state index contributed by atoms with van der Waals surface area (Å²) in [6.45, 7) is 4.42. The van der Waals surface area contributed by atoms with E-state index in [1.54, 1.807) is 6.26 Å². The van der Waals surface area contributed by atoms with Gasteiger partial charge in [0.05, 0.1) is 6.26 Å². The van der Waals surface area contributed by atoms with Crippen LogP contribution in [-0.4, -0.2) is 37.1 Å². The van der Waals surface area contributed by atoms with Gasteiger partial charge in [0.1, 0.15) is 5.76 Å². The molecule has 1 aliphatic carbocycles. The monoisotopic (exact) mass is 222 g/mol. The van der Waals surface area contributed by atoms with Gasteiger partial charge >= 0.3 is 0 Å². The van der Waals surface area contributed by atoms with Gasteiger partial charge in [0.25, 0.3) is 0 Å². The maximum atomic E-state index is 5.33. The van der Waals surface area contributed by atoms with Crippen molar-refractivity contribution in [2.45, 2.75) is 38.3 Å². The highest BCUT2D eigenvalue weighted by atomic mass is 16.3. The molecule has 1 aromatic heterocycles. The second kappa shape index (κ2) is 5.51. The lowest BCUT2D eigenvalue weighted by molar-refractivity contribution is 0.314. The van der Waals surface area contributed by atoms with Crippen LogP contribution in [0.5, 0.6) is 0 Å². The lowest BCUT2D eigenvalue weighted by atomic mass is 10.2. The first kappa shape index (κ1) is 11.7. The van der Waals surface area contributed by atoms with Crippen molar-refractivity contribution in [1.29, 1.82) is 0 Å². The fourth-order valence-corrected chi connectivity index (χ4v) is 1.99. The lowest BCUT2D eigenvalue weighted by Gasteiger charge is -2.18. The Labute approximate surface area is 97.8 Å². The Hall–Kier alpha value is -0.800. The molecule has 0 bridgehead atoms. The first-order chi connectivity index (χ1) is 7.75. The summed E-state index contributed by atoms with van der Waals surface area (Å²) in [5.74, 6) is 1.07. The summed E-state index contributed by atoms with van der Waals surface area (Å²) < 4.78 is 5.33. The molecule has 0 radical (unpaired) electrons. The van der Waals surface area contributed by atoms with Gasteiger partial charge in [-0.05, 0) is 38.9 Å². The predicted octanol–water partition coefficient (Wildman–Crippen LogP) is 1.89. The zero-order valence-electron chi connectivity index (χ0n) is 10.3. The number of rotatable bonds is 7. The van der Waals surface area contributed by atoms with Gasteiger partial charge in [0.15, 0.2) is 0 Å². The molecule has 1 aliphatic rings. The van der Waals surface area contributed by atoms with E-state index in [0.717, 1.165) is 31.3 Å². The molecule has 1 heterocycles. The summed E-state index contributed by atoms with van der Waals surface area (Å²) in [6.07, 6.45) is 5.49. The minimum absolute atomic E-state index is 0.485. The van der Waals surface area contributed by atoms with E-state index in [-0.39, 0.29) is 0 Å². The molecule has 1 aromatic rings. The van der Waals surface area contributed by atoms with Gasteiger partial charge in [0.2, 0.25) is 0 Å². The van der Waals surface area contributed by atoms with E-state index in [4.69, 9.17) is 4.42 Å². The van der Waals surface area contributed by atoms with Crippen molar-refractivity contribution in [3.8, 4) is 0 Å². The molecule has 1 saturated carbocycles. The minimum atomic E-state index is 0.485. The first-order valence-electron chi connectivity index (χ1n) is 6.21. The maximum Gasteiger partial charge on any atom is 0.105 e. The van der Waals surface area contributed by atoms with Crippen molar-refractivity contribution in [1.82, 2.24) is 10.2 Å². The third-order valence-corrected chi connectivity index (χ3v) is 3.22. The minimum Gasteiger partial charge on any atom is -0.469 e. The molecule has 2 rings (SSSR count). The maximum absolute atomic E-state index is 5.33. The Morgan fingerprint density at radius 3 is 3.00 bits per heavy atom. The van der Waals surface area contributed by atoms with Crippen LogP contribution in [0.4, 0.5) is 0 Å². The molecule has 1 atom stereocenters. The standard InChI is InChI=1S/C13H22N2O/c1-11(10-13-4-3-9-16-13)14-7-8-15(2)12-5-6-12/h3-4,9,11-12,14H,5-8,10H2,1-2H3. The van der Waals surface area contributed by atoms with E-state index >= 15 is 0 Å². The summed E-state index contributed by atoms with van der Waals surface area (Å²) in [5.41, 5.74) is 0. The molecule has 0 spiro atoms. The molecular formula is C13H22N2O. The Balaban J connectivity index is 1.58. The highest BCUT2D eigenvalue weighted by Crippen LogP contribution is 2.24. The third-order valence-electron chi connectivity index (χ3n) is 3.22. The van der Waals surface area contributed by atoms with Crippen LogP contribution in [0.2, 0.25) is 0 Å². The van der Waals surface area contributed by atoms with Crippen molar-refractivity contribution in [3.63, 3.8) is 0 Å². The number of nitrogens with zero attached hydrogens (tertiary/aromatic N) is 1. The molecule has 1 fully saturated rings. The van der Waals surface area contributed by atoms with E-state index < -0.39 is 0 Å². The first-order valence-corrected chi connectivity index (χ1v) is 6.21. The number of nitrogens with one attached hydrogen (secondary N) is 1. The highest BCUT2D eigenvalue weighted by Gasteiger charge is 2.25. The molecule has 3 heteroatoms. The van der Waals surface area contributed by atoms with Crippen LogP contribution < -0.4 is 5.32 Å². The van der Waals surface area contributed by atoms with Crippen LogP contribution >= 0.6 is 0 Å². The second-order valence-electron chi connectivity index (χ2n) is 4.85. The number of likely N-dealkylation sites (N-methyl/N-ethyl adjacent to an activating group) is 1. The van der Waals surface area contributed by atoms with Gasteiger partial charge in [-0.3, -0.25) is 0 Å². The van der Waals surface area contributed by atoms with Crippen molar-refractivity contribution in [2.75, 3.05) is 20.1 Å². The molecule has 1 N–H and O–H groups in total. The Morgan fingerprint density at radius 2 is 2.38 bits per heavy atom.